The van der Waals surface area contributed by atoms with Crippen molar-refractivity contribution < 1.29 is 14.3 Å². The topological polar surface area (TPSA) is 56.6 Å². The lowest BCUT2D eigenvalue weighted by Crippen LogP contribution is -2.28. The Morgan fingerprint density at radius 2 is 2.09 bits per heavy atom. The molecule has 3 rings (SSSR count). The molecule has 1 aliphatic rings. The van der Waals surface area contributed by atoms with Crippen LogP contribution in [0.2, 0.25) is 0 Å². The molecular formula is C16H19N3O3. The highest BCUT2D eigenvalue weighted by molar-refractivity contribution is 5.70. The van der Waals surface area contributed by atoms with E-state index in [9.17, 15) is 4.79 Å². The number of likely N-dealkylation sites (N-methyl/N-ethyl adjacent to an activating group) is 1. The number of benzene rings is 1. The molecule has 1 amide bonds. The molecule has 1 aromatic heterocycles. The Balaban J connectivity index is 1.64. The van der Waals surface area contributed by atoms with E-state index < -0.39 is 0 Å². The van der Waals surface area contributed by atoms with Crippen LogP contribution in [0.4, 0.5) is 4.79 Å². The number of aromatic nitrogens is 2. The van der Waals surface area contributed by atoms with Gasteiger partial charge in [-0.3, -0.25) is 0 Å². The van der Waals surface area contributed by atoms with Crippen LogP contribution in [0.1, 0.15) is 24.4 Å². The molecule has 2 heterocycles. The molecule has 0 N–H and O–H groups in total. The van der Waals surface area contributed by atoms with E-state index in [4.69, 9.17) is 9.47 Å². The van der Waals surface area contributed by atoms with Crippen molar-refractivity contribution in [3.05, 3.63) is 54.1 Å². The van der Waals surface area contributed by atoms with Crippen LogP contribution in [-0.2, 0) is 22.8 Å². The molecule has 2 atom stereocenters. The van der Waals surface area contributed by atoms with Crippen molar-refractivity contribution in [2.24, 2.45) is 0 Å². The number of rotatable bonds is 5. The number of carbonyl (C=O) groups excluding carboxylic acids is 1. The third-order valence-corrected chi connectivity index (χ3v) is 3.91. The first kappa shape index (κ1) is 14.6. The third-order valence-electron chi connectivity index (χ3n) is 3.91. The lowest BCUT2D eigenvalue weighted by Gasteiger charge is -2.17. The largest absolute Gasteiger partial charge is 0.436 e. The number of hydrogen-bond donors (Lipinski definition) is 0. The lowest BCUT2D eigenvalue weighted by molar-refractivity contribution is 0.0542. The van der Waals surface area contributed by atoms with Crippen molar-refractivity contribution in [3.63, 3.8) is 0 Å². The average Bonchev–Trinajstić information content (AvgIpc) is 3.09. The van der Waals surface area contributed by atoms with E-state index in [1.807, 2.05) is 48.0 Å². The molecule has 0 saturated carbocycles. The molecule has 0 radical (unpaired) electrons. The summed E-state index contributed by atoms with van der Waals surface area (Å²) in [7, 11) is 1.73. The van der Waals surface area contributed by atoms with Crippen LogP contribution in [0, 0.1) is 0 Å². The van der Waals surface area contributed by atoms with Crippen LogP contribution < -0.4 is 0 Å². The predicted octanol–water partition coefficient (Wildman–Crippen LogP) is 2.57. The number of carbonyl (C=O) groups is 1. The van der Waals surface area contributed by atoms with E-state index in [1.54, 1.807) is 18.1 Å². The predicted molar refractivity (Wildman–Crippen MR) is 79.9 cm³/mol. The number of amides is 1. The van der Waals surface area contributed by atoms with Crippen LogP contribution in [0.3, 0.4) is 0 Å². The Labute approximate surface area is 129 Å². The maximum Gasteiger partial charge on any atom is 0.410 e. The maximum atomic E-state index is 11.6. The first-order valence-electron chi connectivity index (χ1n) is 7.23. The number of ether oxygens (including phenoxy) is 2. The second-order valence-electron chi connectivity index (χ2n) is 5.37. The van der Waals surface area contributed by atoms with Gasteiger partial charge in [-0.1, -0.05) is 30.3 Å². The minimum atomic E-state index is -0.368. The maximum absolute atomic E-state index is 11.6. The van der Waals surface area contributed by atoms with Gasteiger partial charge in [-0.25, -0.2) is 9.78 Å². The highest BCUT2D eigenvalue weighted by Crippen LogP contribution is 2.30. The minimum Gasteiger partial charge on any atom is -0.436 e. The molecule has 0 spiro atoms. The molecule has 6 heteroatoms. The number of nitrogens with zero attached hydrogens (tertiary/aromatic N) is 3. The summed E-state index contributed by atoms with van der Waals surface area (Å²) in [5.41, 5.74) is 1.12. The molecule has 116 valence electrons. The zero-order valence-corrected chi connectivity index (χ0v) is 12.7. The first-order valence-corrected chi connectivity index (χ1v) is 7.23. The summed E-state index contributed by atoms with van der Waals surface area (Å²) in [5.74, 6) is 0.707. The molecule has 6 nitrogen and oxygen atoms in total. The molecule has 1 aromatic carbocycles. The van der Waals surface area contributed by atoms with Gasteiger partial charge in [0.2, 0.25) is 0 Å². The van der Waals surface area contributed by atoms with Crippen molar-refractivity contribution >= 4 is 6.09 Å². The van der Waals surface area contributed by atoms with Crippen LogP contribution in [0.15, 0.2) is 42.7 Å². The van der Waals surface area contributed by atoms with Gasteiger partial charge in [0, 0.05) is 19.4 Å². The number of hydrogen-bond acceptors (Lipinski definition) is 4. The fraction of sp³-hybridized carbons (Fsp3) is 0.375. The standard InChI is InChI=1S/C16H19N3O3/c1-12-14(22-16(20)18(12)2)15-17-8-9-19(15)11-21-10-13-6-4-3-5-7-13/h3-9,12,14H,10-11H2,1-2H3/t12-,14-/m0/s1. The minimum absolute atomic E-state index is 0.0530. The van der Waals surface area contributed by atoms with Crippen LogP contribution >= 0.6 is 0 Å². The Hall–Kier alpha value is -2.34. The Morgan fingerprint density at radius 1 is 1.32 bits per heavy atom. The van der Waals surface area contributed by atoms with Crippen molar-refractivity contribution in [2.75, 3.05) is 7.05 Å². The normalized spacial score (nSPS) is 21.2. The molecule has 2 aromatic rings. The van der Waals surface area contributed by atoms with E-state index in [1.165, 1.54) is 0 Å². The van der Waals surface area contributed by atoms with Gasteiger partial charge in [0.25, 0.3) is 0 Å². The van der Waals surface area contributed by atoms with E-state index in [2.05, 4.69) is 4.98 Å². The summed E-state index contributed by atoms with van der Waals surface area (Å²) in [5, 5.41) is 0. The zero-order chi connectivity index (χ0) is 15.5. The zero-order valence-electron chi connectivity index (χ0n) is 12.7. The van der Waals surface area contributed by atoms with Gasteiger partial charge >= 0.3 is 6.09 Å². The van der Waals surface area contributed by atoms with E-state index in [0.717, 1.165) is 5.56 Å². The van der Waals surface area contributed by atoms with Crippen molar-refractivity contribution in [2.45, 2.75) is 32.4 Å². The summed E-state index contributed by atoms with van der Waals surface area (Å²) < 4.78 is 13.0. The highest BCUT2D eigenvalue weighted by Gasteiger charge is 2.39. The lowest BCUT2D eigenvalue weighted by atomic mass is 10.2. The first-order chi connectivity index (χ1) is 10.7. The summed E-state index contributed by atoms with van der Waals surface area (Å²) in [6, 6.07) is 9.93. The second kappa shape index (κ2) is 6.19. The molecule has 22 heavy (non-hydrogen) atoms. The highest BCUT2D eigenvalue weighted by atomic mass is 16.6. The fourth-order valence-corrected chi connectivity index (χ4v) is 2.45. The monoisotopic (exact) mass is 301 g/mol. The molecule has 0 aliphatic carbocycles. The van der Waals surface area contributed by atoms with Gasteiger partial charge in [-0.2, -0.15) is 0 Å². The van der Waals surface area contributed by atoms with Crippen LogP contribution in [0.5, 0.6) is 0 Å². The van der Waals surface area contributed by atoms with Gasteiger partial charge in [-0.05, 0) is 12.5 Å². The summed E-state index contributed by atoms with van der Waals surface area (Å²) in [4.78, 5) is 17.5. The molecular weight excluding hydrogens is 282 g/mol. The fourth-order valence-electron chi connectivity index (χ4n) is 2.45. The van der Waals surface area contributed by atoms with Gasteiger partial charge in [-0.15, -0.1) is 0 Å². The van der Waals surface area contributed by atoms with E-state index >= 15 is 0 Å². The molecule has 0 unspecified atom stereocenters. The van der Waals surface area contributed by atoms with E-state index in [0.29, 0.717) is 19.2 Å². The molecule has 1 saturated heterocycles. The third kappa shape index (κ3) is 2.82. The average molecular weight is 301 g/mol. The summed E-state index contributed by atoms with van der Waals surface area (Å²) in [6.07, 6.45) is 2.84. The number of cyclic esters (lactones) is 1. The van der Waals surface area contributed by atoms with Crippen LogP contribution in [0.25, 0.3) is 0 Å². The van der Waals surface area contributed by atoms with Gasteiger partial charge in [0.1, 0.15) is 6.73 Å². The molecule has 1 fully saturated rings. The van der Waals surface area contributed by atoms with Crippen molar-refractivity contribution in [1.29, 1.82) is 0 Å². The summed E-state index contributed by atoms with van der Waals surface area (Å²) in [6.45, 7) is 2.84. The Bertz CT molecular complexity index is 641. The SMILES string of the molecule is C[C@H]1[C@@H](c2nccn2COCc2ccccc2)OC(=O)N1C. The molecule has 1 aliphatic heterocycles. The van der Waals surface area contributed by atoms with Gasteiger partial charge < -0.3 is 18.9 Å². The Kier molecular flexibility index (Phi) is 4.11. The van der Waals surface area contributed by atoms with Crippen molar-refractivity contribution in [3.8, 4) is 0 Å². The molecule has 0 bridgehead atoms. The second-order valence-corrected chi connectivity index (χ2v) is 5.37. The van der Waals surface area contributed by atoms with E-state index in [-0.39, 0.29) is 18.2 Å². The number of imidazole rings is 1. The smallest absolute Gasteiger partial charge is 0.410 e. The quantitative estimate of drug-likeness (QED) is 0.851. The Morgan fingerprint density at radius 3 is 2.77 bits per heavy atom. The van der Waals surface area contributed by atoms with Crippen molar-refractivity contribution in [1.82, 2.24) is 14.5 Å². The van der Waals surface area contributed by atoms with Gasteiger partial charge in [0.05, 0.1) is 12.6 Å². The van der Waals surface area contributed by atoms with Gasteiger partial charge in [0.15, 0.2) is 11.9 Å². The van der Waals surface area contributed by atoms with Crippen LogP contribution in [-0.4, -0.2) is 33.6 Å². The summed E-state index contributed by atoms with van der Waals surface area (Å²) >= 11 is 0.